The number of nitrogens with zero attached hydrogens (tertiary/aromatic N) is 2. The molecule has 1 heterocycles. The van der Waals surface area contributed by atoms with Crippen molar-refractivity contribution in [3.05, 3.63) is 90.0 Å². The average molecular weight is 580 g/mol. The van der Waals surface area contributed by atoms with Crippen LogP contribution in [0.25, 0.3) is 0 Å². The van der Waals surface area contributed by atoms with Crippen LogP contribution < -0.4 is 19.1 Å². The number of benzene rings is 3. The van der Waals surface area contributed by atoms with Gasteiger partial charge in [-0.05, 0) is 43.5 Å². The number of amides is 2. The summed E-state index contributed by atoms with van der Waals surface area (Å²) in [5.74, 6) is -0.0918. The Morgan fingerprint density at radius 1 is 0.902 bits per heavy atom. The zero-order valence-corrected chi connectivity index (χ0v) is 24.5. The van der Waals surface area contributed by atoms with Crippen LogP contribution in [0.5, 0.6) is 11.5 Å². The van der Waals surface area contributed by atoms with Gasteiger partial charge in [-0.15, -0.1) is 0 Å². The molecule has 0 aliphatic carbocycles. The summed E-state index contributed by atoms with van der Waals surface area (Å²) in [6, 6.07) is 22.7. The fraction of sp³-hybridized carbons (Fsp3) is 0.355. The normalized spacial score (nSPS) is 13.7. The average Bonchev–Trinajstić information content (AvgIpc) is 3.46. The molecular formula is C31H37N3O6S. The zero-order chi connectivity index (χ0) is 29.4. The van der Waals surface area contributed by atoms with Gasteiger partial charge < -0.3 is 19.7 Å². The molecule has 1 aliphatic rings. The lowest BCUT2D eigenvalue weighted by Crippen LogP contribution is -2.54. The Hall–Kier alpha value is -4.05. The predicted molar refractivity (Wildman–Crippen MR) is 158 cm³/mol. The second-order valence-corrected chi connectivity index (χ2v) is 12.2. The van der Waals surface area contributed by atoms with Crippen molar-refractivity contribution in [1.82, 2.24) is 10.2 Å². The molecule has 2 unspecified atom stereocenters. The molecule has 1 N–H and O–H groups in total. The largest absolute Gasteiger partial charge is 0.454 e. The Labute approximate surface area is 242 Å². The van der Waals surface area contributed by atoms with Gasteiger partial charge in [0.05, 0.1) is 11.4 Å². The van der Waals surface area contributed by atoms with E-state index in [9.17, 15) is 18.0 Å². The molecule has 218 valence electrons. The molecule has 0 saturated heterocycles. The highest BCUT2D eigenvalue weighted by molar-refractivity contribution is 7.92. The van der Waals surface area contributed by atoms with Gasteiger partial charge in [0, 0.05) is 25.1 Å². The zero-order valence-electron chi connectivity index (χ0n) is 23.7. The number of rotatable bonds is 13. The van der Waals surface area contributed by atoms with E-state index in [2.05, 4.69) is 5.32 Å². The summed E-state index contributed by atoms with van der Waals surface area (Å²) in [6.45, 7) is 5.10. The van der Waals surface area contributed by atoms with Crippen LogP contribution in [0.15, 0.2) is 78.9 Å². The number of nitrogens with one attached hydrogen (secondary N) is 1. The van der Waals surface area contributed by atoms with Crippen molar-refractivity contribution in [3.63, 3.8) is 0 Å². The molecule has 0 radical (unpaired) electrons. The summed E-state index contributed by atoms with van der Waals surface area (Å²) in [7, 11) is -3.87. The molecule has 9 nitrogen and oxygen atoms in total. The van der Waals surface area contributed by atoms with Crippen LogP contribution in [0, 0.1) is 0 Å². The van der Waals surface area contributed by atoms with E-state index in [-0.39, 0.29) is 43.1 Å². The maximum Gasteiger partial charge on any atom is 0.244 e. The van der Waals surface area contributed by atoms with Crippen molar-refractivity contribution in [1.29, 1.82) is 0 Å². The summed E-state index contributed by atoms with van der Waals surface area (Å²) in [6.07, 6.45) is 0.995. The first-order valence-corrected chi connectivity index (χ1v) is 15.4. The van der Waals surface area contributed by atoms with E-state index < -0.39 is 28.5 Å². The lowest BCUT2D eigenvalue weighted by molar-refractivity contribution is -0.140. The van der Waals surface area contributed by atoms with Gasteiger partial charge in [-0.1, -0.05) is 67.6 Å². The second kappa shape index (κ2) is 13.5. The quantitative estimate of drug-likeness (QED) is 0.327. The Balaban J connectivity index is 1.73. The van der Waals surface area contributed by atoms with E-state index in [1.165, 1.54) is 11.8 Å². The van der Waals surface area contributed by atoms with E-state index >= 15 is 0 Å². The highest BCUT2D eigenvalue weighted by atomic mass is 32.2. The van der Waals surface area contributed by atoms with E-state index in [0.717, 1.165) is 21.9 Å². The molecule has 0 spiro atoms. The molecule has 4 rings (SSSR count). The number of fused-ring (bicyclic) bond motifs is 1. The lowest BCUT2D eigenvalue weighted by Gasteiger charge is -2.34. The first-order chi connectivity index (χ1) is 19.7. The third-order valence-corrected chi connectivity index (χ3v) is 8.83. The number of sulfonamides is 1. The molecular weight excluding hydrogens is 542 g/mol. The molecule has 0 bridgehead atoms. The third-order valence-electron chi connectivity index (χ3n) is 7.09. The molecule has 3 aromatic rings. The number of carbonyl (C=O) groups is 2. The van der Waals surface area contributed by atoms with Gasteiger partial charge in [0.2, 0.25) is 28.6 Å². The molecule has 1 aliphatic heterocycles. The highest BCUT2D eigenvalue weighted by Gasteiger charge is 2.34. The van der Waals surface area contributed by atoms with Crippen molar-refractivity contribution in [2.45, 2.75) is 52.2 Å². The van der Waals surface area contributed by atoms with Crippen molar-refractivity contribution in [2.24, 2.45) is 0 Å². The summed E-state index contributed by atoms with van der Waals surface area (Å²) < 4.78 is 38.5. The number of anilines is 1. The SMILES string of the molecule is CCC(C)NC(=O)C(Cc1ccccc1)N(Cc1ccccc1)C(=O)CN(c1ccc2c(c1)OCO2)S(=O)(=O)CC. The Morgan fingerprint density at radius 3 is 2.17 bits per heavy atom. The van der Waals surface area contributed by atoms with Gasteiger partial charge in [-0.3, -0.25) is 13.9 Å². The fourth-order valence-corrected chi connectivity index (χ4v) is 5.59. The van der Waals surface area contributed by atoms with Crippen molar-refractivity contribution in [2.75, 3.05) is 23.4 Å². The summed E-state index contributed by atoms with van der Waals surface area (Å²) >= 11 is 0. The summed E-state index contributed by atoms with van der Waals surface area (Å²) in [5, 5.41) is 3.03. The Morgan fingerprint density at radius 2 is 1.54 bits per heavy atom. The van der Waals surface area contributed by atoms with Gasteiger partial charge in [-0.25, -0.2) is 8.42 Å². The molecule has 2 amide bonds. The molecule has 10 heteroatoms. The third kappa shape index (κ3) is 7.58. The Kier molecular flexibility index (Phi) is 9.88. The van der Waals surface area contributed by atoms with Crippen molar-refractivity contribution in [3.8, 4) is 11.5 Å². The minimum atomic E-state index is -3.87. The smallest absolute Gasteiger partial charge is 0.244 e. The maximum absolute atomic E-state index is 14.2. The van der Waals surface area contributed by atoms with Crippen LogP contribution in [0.3, 0.4) is 0 Å². The summed E-state index contributed by atoms with van der Waals surface area (Å²) in [4.78, 5) is 29.4. The molecule has 0 aromatic heterocycles. The van der Waals surface area contributed by atoms with Gasteiger partial charge in [-0.2, -0.15) is 0 Å². The highest BCUT2D eigenvalue weighted by Crippen LogP contribution is 2.36. The standard InChI is InChI=1S/C31H37N3O6S/c1-4-23(3)32-31(36)27(18-24-12-8-6-9-13-24)33(20-25-14-10-7-11-15-25)30(35)21-34(41(37,38)5-2)26-16-17-28-29(19-26)40-22-39-28/h6-17,19,23,27H,4-5,18,20-22H2,1-3H3,(H,32,36). The van der Waals surface area contributed by atoms with Crippen LogP contribution in [-0.2, 0) is 32.6 Å². The number of carbonyl (C=O) groups excluding carboxylic acids is 2. The van der Waals surface area contributed by atoms with Crippen LogP contribution in [0.4, 0.5) is 5.69 Å². The molecule has 2 atom stereocenters. The van der Waals surface area contributed by atoms with Gasteiger partial charge in [0.15, 0.2) is 11.5 Å². The predicted octanol–water partition coefficient (Wildman–Crippen LogP) is 4.13. The van der Waals surface area contributed by atoms with Gasteiger partial charge in [0.1, 0.15) is 12.6 Å². The molecule has 0 fully saturated rings. The van der Waals surface area contributed by atoms with Crippen LogP contribution in [-0.4, -0.2) is 56.3 Å². The molecule has 3 aromatic carbocycles. The lowest BCUT2D eigenvalue weighted by atomic mass is 10.0. The topological polar surface area (TPSA) is 105 Å². The minimum absolute atomic E-state index is 0.0373. The first kappa shape index (κ1) is 29.9. The van der Waals surface area contributed by atoms with Crippen LogP contribution >= 0.6 is 0 Å². The van der Waals surface area contributed by atoms with Crippen molar-refractivity contribution >= 4 is 27.5 Å². The van der Waals surface area contributed by atoms with Gasteiger partial charge in [0.25, 0.3) is 0 Å². The van der Waals surface area contributed by atoms with Crippen LogP contribution in [0.2, 0.25) is 0 Å². The van der Waals surface area contributed by atoms with E-state index in [0.29, 0.717) is 11.5 Å². The summed E-state index contributed by atoms with van der Waals surface area (Å²) in [5.41, 5.74) is 1.99. The van der Waals surface area contributed by atoms with Crippen molar-refractivity contribution < 1.29 is 27.5 Å². The Bertz CT molecular complexity index is 1430. The number of hydrogen-bond donors (Lipinski definition) is 1. The first-order valence-electron chi connectivity index (χ1n) is 13.8. The monoisotopic (exact) mass is 579 g/mol. The maximum atomic E-state index is 14.2. The van der Waals surface area contributed by atoms with E-state index in [1.807, 2.05) is 74.5 Å². The van der Waals surface area contributed by atoms with E-state index in [1.54, 1.807) is 18.2 Å². The molecule has 41 heavy (non-hydrogen) atoms. The second-order valence-electron chi connectivity index (χ2n) is 9.98. The number of hydrogen-bond acceptors (Lipinski definition) is 6. The number of ether oxygens (including phenoxy) is 2. The van der Waals surface area contributed by atoms with Crippen LogP contribution in [0.1, 0.15) is 38.3 Å². The fourth-order valence-electron chi connectivity index (χ4n) is 4.54. The molecule has 0 saturated carbocycles. The minimum Gasteiger partial charge on any atom is -0.454 e. The van der Waals surface area contributed by atoms with E-state index in [4.69, 9.17) is 9.47 Å². The van der Waals surface area contributed by atoms with Gasteiger partial charge >= 0.3 is 0 Å².